The number of carbonyl (C=O) groups excluding carboxylic acids is 1. The highest BCUT2D eigenvalue weighted by Gasteiger charge is 2.28. The van der Waals surface area contributed by atoms with Crippen LogP contribution < -0.4 is 5.32 Å². The van der Waals surface area contributed by atoms with Crippen molar-refractivity contribution >= 4 is 5.91 Å². The number of likely N-dealkylation sites (tertiary alicyclic amines) is 1. The fourth-order valence-corrected chi connectivity index (χ4v) is 2.38. The topological polar surface area (TPSA) is 45.5 Å². The molecule has 0 aromatic carbocycles. The van der Waals surface area contributed by atoms with E-state index < -0.39 is 0 Å². The van der Waals surface area contributed by atoms with Gasteiger partial charge in [-0.25, -0.2) is 0 Å². The summed E-state index contributed by atoms with van der Waals surface area (Å²) in [4.78, 5) is 13.8. The lowest BCUT2D eigenvalue weighted by atomic mass is 10.1. The molecule has 0 radical (unpaired) electrons. The number of hydrogen-bond acceptors (Lipinski definition) is 3. The highest BCUT2D eigenvalue weighted by Crippen LogP contribution is 2.23. The molecule has 19 heavy (non-hydrogen) atoms. The van der Waals surface area contributed by atoms with Crippen molar-refractivity contribution in [2.24, 2.45) is 5.92 Å². The Balaban J connectivity index is 1.88. The maximum Gasteiger partial charge on any atom is 0.223 e. The number of rotatable bonds is 6. The van der Waals surface area contributed by atoms with Crippen molar-refractivity contribution in [1.82, 2.24) is 10.2 Å². The Bertz CT molecular complexity index is 426. The van der Waals surface area contributed by atoms with Crippen molar-refractivity contribution in [3.63, 3.8) is 0 Å². The summed E-state index contributed by atoms with van der Waals surface area (Å²) < 4.78 is 5.76. The van der Waals surface area contributed by atoms with Crippen LogP contribution in [0.2, 0.25) is 0 Å². The maximum absolute atomic E-state index is 11.8. The molecular weight excluding hydrogens is 240 g/mol. The third kappa shape index (κ3) is 3.83. The predicted octanol–water partition coefficient (Wildman–Crippen LogP) is 2.54. The Hall–Kier alpha value is -1.29. The van der Waals surface area contributed by atoms with Crippen LogP contribution in [0.1, 0.15) is 45.1 Å². The Kier molecular flexibility index (Phi) is 4.64. The molecule has 1 N–H and O–H groups in total. The Morgan fingerprint density at radius 1 is 1.42 bits per heavy atom. The average molecular weight is 264 g/mol. The van der Waals surface area contributed by atoms with Gasteiger partial charge in [-0.2, -0.15) is 0 Å². The average Bonchev–Trinajstić information content (AvgIpc) is 2.95. The summed E-state index contributed by atoms with van der Waals surface area (Å²) in [5.74, 6) is 2.59. The van der Waals surface area contributed by atoms with Gasteiger partial charge in [0.15, 0.2) is 0 Å². The standard InChI is InChI=1S/C15H24N2O2/c1-4-12-7-15(18)17(9-12)10-14-6-5-13(19-14)8-16-11(2)3/h5-6,11-12,16H,4,7-10H2,1-3H3. The lowest BCUT2D eigenvalue weighted by Crippen LogP contribution is -2.24. The van der Waals surface area contributed by atoms with Crippen LogP contribution in [0, 0.1) is 5.92 Å². The highest BCUT2D eigenvalue weighted by molar-refractivity contribution is 5.78. The molecule has 1 aromatic rings. The van der Waals surface area contributed by atoms with Crippen LogP contribution in [0.4, 0.5) is 0 Å². The van der Waals surface area contributed by atoms with Crippen molar-refractivity contribution < 1.29 is 9.21 Å². The van der Waals surface area contributed by atoms with Gasteiger partial charge in [-0.1, -0.05) is 27.2 Å². The van der Waals surface area contributed by atoms with Gasteiger partial charge >= 0.3 is 0 Å². The Labute approximate surface area is 115 Å². The van der Waals surface area contributed by atoms with Crippen LogP contribution in [0.3, 0.4) is 0 Å². The number of nitrogens with zero attached hydrogens (tertiary/aromatic N) is 1. The SMILES string of the molecule is CCC1CC(=O)N(Cc2ccc(CNC(C)C)o2)C1. The monoisotopic (exact) mass is 264 g/mol. The van der Waals surface area contributed by atoms with Gasteiger partial charge in [-0.05, 0) is 18.1 Å². The van der Waals surface area contributed by atoms with E-state index in [4.69, 9.17) is 4.42 Å². The lowest BCUT2D eigenvalue weighted by molar-refractivity contribution is -0.128. The first-order valence-corrected chi connectivity index (χ1v) is 7.17. The summed E-state index contributed by atoms with van der Waals surface area (Å²) in [6, 6.07) is 4.41. The smallest absolute Gasteiger partial charge is 0.223 e. The second kappa shape index (κ2) is 6.24. The predicted molar refractivity (Wildman–Crippen MR) is 74.5 cm³/mol. The van der Waals surface area contributed by atoms with Crippen molar-refractivity contribution in [1.29, 1.82) is 0 Å². The minimum Gasteiger partial charge on any atom is -0.463 e. The zero-order valence-corrected chi connectivity index (χ0v) is 12.1. The van der Waals surface area contributed by atoms with E-state index in [1.54, 1.807) is 0 Å². The van der Waals surface area contributed by atoms with E-state index in [9.17, 15) is 4.79 Å². The maximum atomic E-state index is 11.8. The summed E-state index contributed by atoms with van der Waals surface area (Å²) in [7, 11) is 0. The van der Waals surface area contributed by atoms with Crippen LogP contribution in [0.15, 0.2) is 16.5 Å². The van der Waals surface area contributed by atoms with Crippen LogP contribution in [-0.4, -0.2) is 23.4 Å². The van der Waals surface area contributed by atoms with E-state index in [0.29, 0.717) is 24.9 Å². The zero-order valence-electron chi connectivity index (χ0n) is 12.1. The molecule has 1 unspecified atom stereocenters. The second-order valence-electron chi connectivity index (χ2n) is 5.66. The van der Waals surface area contributed by atoms with E-state index in [0.717, 1.165) is 31.0 Å². The van der Waals surface area contributed by atoms with Gasteiger partial charge in [0.25, 0.3) is 0 Å². The van der Waals surface area contributed by atoms with E-state index >= 15 is 0 Å². The second-order valence-corrected chi connectivity index (χ2v) is 5.66. The van der Waals surface area contributed by atoms with E-state index in [1.165, 1.54) is 0 Å². The number of nitrogens with one attached hydrogen (secondary N) is 1. The fraction of sp³-hybridized carbons (Fsp3) is 0.667. The van der Waals surface area contributed by atoms with Crippen LogP contribution >= 0.6 is 0 Å². The summed E-state index contributed by atoms with van der Waals surface area (Å²) >= 11 is 0. The zero-order chi connectivity index (χ0) is 13.8. The normalized spacial score (nSPS) is 19.7. The van der Waals surface area contributed by atoms with Gasteiger partial charge in [0.2, 0.25) is 5.91 Å². The molecular formula is C15H24N2O2. The first-order valence-electron chi connectivity index (χ1n) is 7.17. The molecule has 1 atom stereocenters. The Morgan fingerprint density at radius 3 is 2.79 bits per heavy atom. The first kappa shape index (κ1) is 14.1. The molecule has 1 aliphatic heterocycles. The minimum atomic E-state index is 0.255. The van der Waals surface area contributed by atoms with Crippen molar-refractivity contribution in [3.05, 3.63) is 23.7 Å². The van der Waals surface area contributed by atoms with Gasteiger partial charge in [0, 0.05) is 19.0 Å². The molecule has 4 heteroatoms. The molecule has 2 heterocycles. The van der Waals surface area contributed by atoms with E-state index in [2.05, 4.69) is 26.1 Å². The molecule has 2 rings (SSSR count). The number of carbonyl (C=O) groups is 1. The van der Waals surface area contributed by atoms with E-state index in [-0.39, 0.29) is 5.91 Å². The van der Waals surface area contributed by atoms with Gasteiger partial charge in [-0.3, -0.25) is 4.79 Å². The van der Waals surface area contributed by atoms with Crippen molar-refractivity contribution in [2.75, 3.05) is 6.54 Å². The number of furan rings is 1. The minimum absolute atomic E-state index is 0.255. The van der Waals surface area contributed by atoms with Gasteiger partial charge in [-0.15, -0.1) is 0 Å². The van der Waals surface area contributed by atoms with Crippen LogP contribution in [0.25, 0.3) is 0 Å². The van der Waals surface area contributed by atoms with Gasteiger partial charge in [0.1, 0.15) is 11.5 Å². The largest absolute Gasteiger partial charge is 0.463 e. The number of hydrogen-bond donors (Lipinski definition) is 1. The third-order valence-corrected chi connectivity index (χ3v) is 3.62. The first-order chi connectivity index (χ1) is 9.08. The summed E-state index contributed by atoms with van der Waals surface area (Å²) in [5.41, 5.74) is 0. The van der Waals surface area contributed by atoms with Crippen LogP contribution in [-0.2, 0) is 17.9 Å². The molecule has 1 saturated heterocycles. The highest BCUT2D eigenvalue weighted by atomic mass is 16.3. The molecule has 1 aliphatic rings. The fourth-order valence-electron chi connectivity index (χ4n) is 2.38. The Morgan fingerprint density at radius 2 is 2.16 bits per heavy atom. The van der Waals surface area contributed by atoms with E-state index in [1.807, 2.05) is 17.0 Å². The summed E-state index contributed by atoms with van der Waals surface area (Å²) in [5, 5.41) is 3.32. The summed E-state index contributed by atoms with van der Waals surface area (Å²) in [6.45, 7) is 8.58. The molecule has 1 aromatic heterocycles. The van der Waals surface area contributed by atoms with Crippen molar-refractivity contribution in [2.45, 2.75) is 52.7 Å². The molecule has 0 bridgehead atoms. The molecule has 0 saturated carbocycles. The molecule has 0 aliphatic carbocycles. The van der Waals surface area contributed by atoms with Gasteiger partial charge < -0.3 is 14.6 Å². The molecule has 1 fully saturated rings. The van der Waals surface area contributed by atoms with Gasteiger partial charge in [0.05, 0.1) is 13.1 Å². The quantitative estimate of drug-likeness (QED) is 0.858. The lowest BCUT2D eigenvalue weighted by Gasteiger charge is -2.14. The van der Waals surface area contributed by atoms with Crippen molar-refractivity contribution in [3.8, 4) is 0 Å². The molecule has 4 nitrogen and oxygen atoms in total. The van der Waals surface area contributed by atoms with Crippen LogP contribution in [0.5, 0.6) is 0 Å². The summed E-state index contributed by atoms with van der Waals surface area (Å²) in [6.07, 6.45) is 1.77. The molecule has 1 amide bonds. The molecule has 0 spiro atoms. The molecule has 106 valence electrons. The third-order valence-electron chi connectivity index (χ3n) is 3.62. The number of amides is 1.